The van der Waals surface area contributed by atoms with Gasteiger partial charge in [0.25, 0.3) is 0 Å². The van der Waals surface area contributed by atoms with Crippen molar-refractivity contribution in [1.82, 2.24) is 10.6 Å². The highest BCUT2D eigenvalue weighted by Crippen LogP contribution is 2.29. The lowest BCUT2D eigenvalue weighted by Crippen LogP contribution is -2.40. The van der Waals surface area contributed by atoms with E-state index < -0.39 is 0 Å². The highest BCUT2D eigenvalue weighted by molar-refractivity contribution is 5.21. The summed E-state index contributed by atoms with van der Waals surface area (Å²) < 4.78 is 0. The first kappa shape index (κ1) is 20.6. The summed E-state index contributed by atoms with van der Waals surface area (Å²) in [7, 11) is 0. The molecule has 0 saturated heterocycles. The maximum atomic E-state index is 4.21. The molecule has 0 bridgehead atoms. The van der Waals surface area contributed by atoms with Gasteiger partial charge in [-0.2, -0.15) is 0 Å². The van der Waals surface area contributed by atoms with Crippen LogP contribution >= 0.6 is 0 Å². The predicted molar refractivity (Wildman–Crippen MR) is 108 cm³/mol. The summed E-state index contributed by atoms with van der Waals surface area (Å²) in [6.07, 6.45) is 14.5. The van der Waals surface area contributed by atoms with Gasteiger partial charge < -0.3 is 10.6 Å². The molecule has 2 heteroatoms. The summed E-state index contributed by atoms with van der Waals surface area (Å²) in [5.74, 6) is 1.62. The Hall–Kier alpha value is -1.44. The van der Waals surface area contributed by atoms with Crippen molar-refractivity contribution in [2.24, 2.45) is 5.92 Å². The van der Waals surface area contributed by atoms with Crippen LogP contribution in [0.1, 0.15) is 79.1 Å². The molecule has 24 heavy (non-hydrogen) atoms. The molecule has 2 aliphatic carbocycles. The van der Waals surface area contributed by atoms with Crippen LogP contribution in [0.5, 0.6) is 0 Å². The molecule has 1 fully saturated rings. The minimum atomic E-state index is 0.350. The summed E-state index contributed by atoms with van der Waals surface area (Å²) in [4.78, 5) is 0. The van der Waals surface area contributed by atoms with Crippen molar-refractivity contribution in [2.75, 3.05) is 0 Å². The van der Waals surface area contributed by atoms with Gasteiger partial charge in [0.15, 0.2) is 0 Å². The molecule has 2 rings (SSSR count). The molecule has 0 aromatic carbocycles. The Kier molecular flexibility index (Phi) is 9.59. The van der Waals surface area contributed by atoms with E-state index in [0.717, 1.165) is 25.1 Å². The largest absolute Gasteiger partial charge is 0.365 e. The van der Waals surface area contributed by atoms with Crippen LogP contribution in [0.3, 0.4) is 0 Å². The maximum absolute atomic E-state index is 4.21. The number of hydrogen-bond acceptors (Lipinski definition) is 2. The summed E-state index contributed by atoms with van der Waals surface area (Å²) in [6.45, 7) is 16.8. The van der Waals surface area contributed by atoms with Crippen molar-refractivity contribution in [2.45, 2.75) is 85.1 Å². The molecule has 0 spiro atoms. The molecule has 2 nitrogen and oxygen atoms in total. The second-order valence-corrected chi connectivity index (χ2v) is 6.94. The zero-order chi connectivity index (χ0) is 17.9. The van der Waals surface area contributed by atoms with Crippen LogP contribution in [0.2, 0.25) is 0 Å². The first-order chi connectivity index (χ1) is 11.6. The van der Waals surface area contributed by atoms with Gasteiger partial charge in [0, 0.05) is 12.1 Å². The van der Waals surface area contributed by atoms with Crippen molar-refractivity contribution >= 4 is 0 Å². The van der Waals surface area contributed by atoms with Gasteiger partial charge in [-0.25, -0.2) is 0 Å². The fraction of sp³-hybridized carbons (Fsp3) is 0.636. The van der Waals surface area contributed by atoms with E-state index in [2.05, 4.69) is 49.8 Å². The standard InChI is InChI=1S/C20H32N2.C2H6/c1-15(2)20(18-12-8-6-9-13-18)22-17(4)21-19-14-10-5-7-11-16(19)3;1-2/h5,10,18,20-22H,1,4,6-9,11-14H2,2-3H3;1-2H3. The number of hydrogen-bond donors (Lipinski definition) is 2. The molecule has 2 aliphatic rings. The average Bonchev–Trinajstić information content (AvgIpc) is 2.80. The van der Waals surface area contributed by atoms with E-state index in [1.165, 1.54) is 48.9 Å². The molecule has 0 amide bonds. The molecular formula is C22H38N2. The molecule has 136 valence electrons. The average molecular weight is 331 g/mol. The van der Waals surface area contributed by atoms with Crippen LogP contribution in [0.15, 0.2) is 48.0 Å². The molecule has 0 aromatic rings. The van der Waals surface area contributed by atoms with Gasteiger partial charge >= 0.3 is 0 Å². The smallest absolute Gasteiger partial charge is 0.0959 e. The van der Waals surface area contributed by atoms with Gasteiger partial charge in [-0.3, -0.25) is 0 Å². The van der Waals surface area contributed by atoms with Gasteiger partial charge in [0.1, 0.15) is 0 Å². The lowest BCUT2D eigenvalue weighted by atomic mass is 9.81. The van der Waals surface area contributed by atoms with E-state index in [-0.39, 0.29) is 0 Å². The van der Waals surface area contributed by atoms with Crippen molar-refractivity contribution in [3.05, 3.63) is 48.0 Å². The molecule has 0 aliphatic heterocycles. The Morgan fingerprint density at radius 2 is 1.79 bits per heavy atom. The first-order valence-electron chi connectivity index (χ1n) is 9.79. The number of nitrogens with one attached hydrogen (secondary N) is 2. The van der Waals surface area contributed by atoms with Gasteiger partial charge in [0.05, 0.1) is 11.9 Å². The molecule has 1 atom stereocenters. The van der Waals surface area contributed by atoms with Crippen molar-refractivity contribution in [3.63, 3.8) is 0 Å². The van der Waals surface area contributed by atoms with Crippen LogP contribution in [-0.4, -0.2) is 6.04 Å². The third kappa shape index (κ3) is 6.59. The van der Waals surface area contributed by atoms with Crippen LogP contribution in [0.4, 0.5) is 0 Å². The monoisotopic (exact) mass is 330 g/mol. The third-order valence-electron chi connectivity index (χ3n) is 4.97. The van der Waals surface area contributed by atoms with Crippen LogP contribution < -0.4 is 10.6 Å². The lowest BCUT2D eigenvalue weighted by Gasteiger charge is -2.33. The molecular weight excluding hydrogens is 292 g/mol. The van der Waals surface area contributed by atoms with Crippen LogP contribution in [-0.2, 0) is 0 Å². The molecule has 1 saturated carbocycles. The van der Waals surface area contributed by atoms with E-state index in [9.17, 15) is 0 Å². The molecule has 2 N–H and O–H groups in total. The normalized spacial score (nSPS) is 19.7. The molecule has 0 radical (unpaired) electrons. The Balaban J connectivity index is 0.00000139. The van der Waals surface area contributed by atoms with Crippen LogP contribution in [0, 0.1) is 5.92 Å². The second kappa shape index (κ2) is 11.2. The topological polar surface area (TPSA) is 24.1 Å². The minimum absolute atomic E-state index is 0.350. The van der Waals surface area contributed by atoms with E-state index in [0.29, 0.717) is 12.0 Å². The lowest BCUT2D eigenvalue weighted by molar-refractivity contribution is 0.301. The molecule has 1 unspecified atom stereocenters. The molecule has 0 aromatic heterocycles. The predicted octanol–water partition coefficient (Wildman–Crippen LogP) is 6.20. The fourth-order valence-electron chi connectivity index (χ4n) is 3.62. The van der Waals surface area contributed by atoms with Gasteiger partial charge in [-0.05, 0) is 45.4 Å². The second-order valence-electron chi connectivity index (χ2n) is 6.94. The SMILES string of the molecule is C=C(NC1=C(C)CCC=CC1)NC(C(=C)C)C1CCCCC1.CC. The summed E-state index contributed by atoms with van der Waals surface area (Å²) >= 11 is 0. The zero-order valence-corrected chi connectivity index (χ0v) is 16.4. The maximum Gasteiger partial charge on any atom is 0.0959 e. The summed E-state index contributed by atoms with van der Waals surface area (Å²) in [5.41, 5.74) is 3.97. The zero-order valence-electron chi connectivity index (χ0n) is 16.4. The number of rotatable bonds is 6. The van der Waals surface area contributed by atoms with E-state index >= 15 is 0 Å². The van der Waals surface area contributed by atoms with E-state index in [1.54, 1.807) is 0 Å². The third-order valence-corrected chi connectivity index (χ3v) is 4.97. The van der Waals surface area contributed by atoms with Crippen molar-refractivity contribution in [3.8, 4) is 0 Å². The minimum Gasteiger partial charge on any atom is -0.365 e. The highest BCUT2D eigenvalue weighted by Gasteiger charge is 2.24. The Labute approximate surface area is 150 Å². The molecule has 0 heterocycles. The Morgan fingerprint density at radius 3 is 2.42 bits per heavy atom. The summed E-state index contributed by atoms with van der Waals surface area (Å²) in [5, 5.41) is 7.13. The van der Waals surface area contributed by atoms with Gasteiger partial charge in [-0.15, -0.1) is 0 Å². The highest BCUT2D eigenvalue weighted by atomic mass is 15.1. The quantitative estimate of drug-likeness (QED) is 0.566. The van der Waals surface area contributed by atoms with E-state index in [4.69, 9.17) is 0 Å². The van der Waals surface area contributed by atoms with Crippen molar-refractivity contribution in [1.29, 1.82) is 0 Å². The van der Waals surface area contributed by atoms with Gasteiger partial charge in [-0.1, -0.05) is 69.6 Å². The Bertz CT molecular complexity index is 464. The van der Waals surface area contributed by atoms with Crippen LogP contribution in [0.25, 0.3) is 0 Å². The van der Waals surface area contributed by atoms with E-state index in [1.807, 2.05) is 13.8 Å². The number of allylic oxidation sites excluding steroid dienone is 3. The fourth-order valence-corrected chi connectivity index (χ4v) is 3.62. The first-order valence-corrected chi connectivity index (χ1v) is 9.79. The van der Waals surface area contributed by atoms with Gasteiger partial charge in [0.2, 0.25) is 0 Å². The summed E-state index contributed by atoms with van der Waals surface area (Å²) in [6, 6.07) is 0.350. The Morgan fingerprint density at radius 1 is 1.12 bits per heavy atom. The van der Waals surface area contributed by atoms with Crippen molar-refractivity contribution < 1.29 is 0 Å².